The molecule has 3 heteroatoms. The van der Waals surface area contributed by atoms with E-state index in [0.29, 0.717) is 0 Å². The van der Waals surface area contributed by atoms with E-state index in [1.54, 1.807) is 0 Å². The summed E-state index contributed by atoms with van der Waals surface area (Å²) >= 11 is 0. The zero-order valence-corrected chi connectivity index (χ0v) is 11.8. The van der Waals surface area contributed by atoms with Crippen LogP contribution in [-0.4, -0.2) is 17.2 Å². The predicted octanol–water partition coefficient (Wildman–Crippen LogP) is 3.03. The van der Waals surface area contributed by atoms with Crippen LogP contribution < -0.4 is 5.32 Å². The van der Waals surface area contributed by atoms with E-state index in [2.05, 4.69) is 55.3 Å². The van der Waals surface area contributed by atoms with Crippen molar-refractivity contribution >= 4 is 0 Å². The van der Waals surface area contributed by atoms with E-state index in [1.807, 2.05) is 7.05 Å². The molecule has 0 aliphatic rings. The lowest BCUT2D eigenvalue weighted by molar-refractivity contribution is 0.784. The fourth-order valence-electron chi connectivity index (χ4n) is 2.36. The first-order chi connectivity index (χ1) is 8.54. The molecule has 1 heterocycles. The van der Waals surface area contributed by atoms with Gasteiger partial charge in [-0.3, -0.25) is 5.10 Å². The average molecular weight is 243 g/mol. The molecule has 0 fully saturated rings. The first-order valence-electron chi connectivity index (χ1n) is 6.31. The molecule has 0 aliphatic carbocycles. The third-order valence-corrected chi connectivity index (χ3v) is 3.48. The van der Waals surface area contributed by atoms with Crippen LogP contribution in [0, 0.1) is 27.7 Å². The van der Waals surface area contributed by atoms with Crippen molar-refractivity contribution < 1.29 is 0 Å². The Balaban J connectivity index is 2.61. The number of nitrogens with one attached hydrogen (secondary N) is 2. The highest BCUT2D eigenvalue weighted by Crippen LogP contribution is 2.30. The molecule has 0 aliphatic heterocycles. The molecule has 0 saturated carbocycles. The summed E-state index contributed by atoms with van der Waals surface area (Å²) in [7, 11) is 1.95. The van der Waals surface area contributed by atoms with E-state index in [1.165, 1.54) is 27.8 Å². The van der Waals surface area contributed by atoms with Crippen molar-refractivity contribution in [3.05, 3.63) is 40.2 Å². The Morgan fingerprint density at radius 1 is 1.06 bits per heavy atom. The summed E-state index contributed by atoms with van der Waals surface area (Å²) in [5.41, 5.74) is 8.71. The van der Waals surface area contributed by atoms with Gasteiger partial charge in [0.1, 0.15) is 0 Å². The molecule has 96 valence electrons. The molecule has 0 unspecified atom stereocenters. The third-order valence-electron chi connectivity index (χ3n) is 3.48. The molecule has 2 aromatic rings. The summed E-state index contributed by atoms with van der Waals surface area (Å²) in [5, 5.41) is 10.6. The van der Waals surface area contributed by atoms with Crippen molar-refractivity contribution in [1.29, 1.82) is 0 Å². The van der Waals surface area contributed by atoms with Crippen LogP contribution in [0.1, 0.15) is 28.1 Å². The lowest BCUT2D eigenvalue weighted by Crippen LogP contribution is -2.07. The summed E-state index contributed by atoms with van der Waals surface area (Å²) in [6, 6.07) is 4.52. The Morgan fingerprint density at radius 3 is 2.39 bits per heavy atom. The van der Waals surface area contributed by atoms with Crippen molar-refractivity contribution in [2.45, 2.75) is 34.2 Å². The van der Waals surface area contributed by atoms with Gasteiger partial charge in [0.25, 0.3) is 0 Å². The Labute approximate surface area is 109 Å². The number of rotatable bonds is 3. The molecule has 0 radical (unpaired) electrons. The largest absolute Gasteiger partial charge is 0.314 e. The maximum atomic E-state index is 4.39. The molecule has 3 nitrogen and oxygen atoms in total. The van der Waals surface area contributed by atoms with Crippen molar-refractivity contribution in [3.8, 4) is 11.1 Å². The second kappa shape index (κ2) is 4.94. The van der Waals surface area contributed by atoms with Crippen LogP contribution in [0.3, 0.4) is 0 Å². The van der Waals surface area contributed by atoms with Crippen molar-refractivity contribution in [2.24, 2.45) is 0 Å². The molecule has 0 spiro atoms. The molecule has 18 heavy (non-hydrogen) atoms. The van der Waals surface area contributed by atoms with E-state index in [9.17, 15) is 0 Å². The highest BCUT2D eigenvalue weighted by Gasteiger charge is 2.14. The van der Waals surface area contributed by atoms with Crippen LogP contribution in [0.4, 0.5) is 0 Å². The Bertz CT molecular complexity index is 567. The molecule has 0 amide bonds. The molecule has 1 aromatic carbocycles. The summed E-state index contributed by atoms with van der Waals surface area (Å²) in [6.45, 7) is 9.34. The first-order valence-corrected chi connectivity index (χ1v) is 6.31. The fourth-order valence-corrected chi connectivity index (χ4v) is 2.36. The van der Waals surface area contributed by atoms with Crippen LogP contribution in [0.2, 0.25) is 0 Å². The maximum absolute atomic E-state index is 4.39. The van der Waals surface area contributed by atoms with Crippen LogP contribution >= 0.6 is 0 Å². The zero-order chi connectivity index (χ0) is 13.3. The number of nitrogens with zero attached hydrogens (tertiary/aromatic N) is 1. The van der Waals surface area contributed by atoms with Gasteiger partial charge in [-0.05, 0) is 57.0 Å². The number of aryl methyl sites for hydroxylation is 4. The minimum atomic E-state index is 0.784. The van der Waals surface area contributed by atoms with Gasteiger partial charge in [0.2, 0.25) is 0 Å². The Hall–Kier alpha value is -1.61. The number of H-pyrrole nitrogens is 1. The van der Waals surface area contributed by atoms with Gasteiger partial charge in [0.05, 0.1) is 5.69 Å². The monoisotopic (exact) mass is 243 g/mol. The van der Waals surface area contributed by atoms with E-state index in [4.69, 9.17) is 0 Å². The lowest BCUT2D eigenvalue weighted by Gasteiger charge is -2.11. The molecule has 0 atom stereocenters. The molecule has 0 bridgehead atoms. The predicted molar refractivity (Wildman–Crippen MR) is 75.7 cm³/mol. The normalized spacial score (nSPS) is 10.9. The highest BCUT2D eigenvalue weighted by atomic mass is 15.1. The minimum Gasteiger partial charge on any atom is -0.314 e. The molecule has 1 aromatic heterocycles. The summed E-state index contributed by atoms with van der Waals surface area (Å²) in [6.07, 6.45) is 0. The Kier molecular flexibility index (Phi) is 3.53. The standard InChI is InChI=1S/C15H21N3/c1-9-6-11(3)13(7-10(9)2)15-12(4)17-18-14(15)8-16-5/h6-7,16H,8H2,1-5H3,(H,17,18). The van der Waals surface area contributed by atoms with E-state index in [0.717, 1.165) is 17.9 Å². The molecule has 2 N–H and O–H groups in total. The number of aromatic nitrogens is 2. The van der Waals surface area contributed by atoms with E-state index in [-0.39, 0.29) is 0 Å². The number of benzene rings is 1. The number of hydrogen-bond donors (Lipinski definition) is 2. The second-order valence-corrected chi connectivity index (χ2v) is 4.95. The van der Waals surface area contributed by atoms with Crippen LogP contribution in [-0.2, 0) is 6.54 Å². The van der Waals surface area contributed by atoms with Crippen LogP contribution in [0.15, 0.2) is 12.1 Å². The molecular weight excluding hydrogens is 222 g/mol. The molecule has 0 saturated heterocycles. The van der Waals surface area contributed by atoms with Gasteiger partial charge in [-0.25, -0.2) is 0 Å². The molecular formula is C15H21N3. The van der Waals surface area contributed by atoms with Gasteiger partial charge < -0.3 is 5.32 Å². The van der Waals surface area contributed by atoms with Gasteiger partial charge in [0.15, 0.2) is 0 Å². The van der Waals surface area contributed by atoms with Gasteiger partial charge >= 0.3 is 0 Å². The van der Waals surface area contributed by atoms with E-state index < -0.39 is 0 Å². The Morgan fingerprint density at radius 2 is 1.72 bits per heavy atom. The minimum absolute atomic E-state index is 0.784. The van der Waals surface area contributed by atoms with Crippen molar-refractivity contribution in [2.75, 3.05) is 7.05 Å². The summed E-state index contributed by atoms with van der Waals surface area (Å²) in [5.74, 6) is 0. The lowest BCUT2D eigenvalue weighted by atomic mass is 9.94. The zero-order valence-electron chi connectivity index (χ0n) is 11.8. The maximum Gasteiger partial charge on any atom is 0.0841 e. The number of hydrogen-bond acceptors (Lipinski definition) is 2. The second-order valence-electron chi connectivity index (χ2n) is 4.95. The quantitative estimate of drug-likeness (QED) is 0.870. The molecule has 2 rings (SSSR count). The van der Waals surface area contributed by atoms with Crippen LogP contribution in [0.5, 0.6) is 0 Å². The average Bonchev–Trinajstić information content (AvgIpc) is 2.66. The van der Waals surface area contributed by atoms with Crippen molar-refractivity contribution in [3.63, 3.8) is 0 Å². The van der Waals surface area contributed by atoms with Gasteiger partial charge in [0, 0.05) is 17.8 Å². The fraction of sp³-hybridized carbons (Fsp3) is 0.400. The van der Waals surface area contributed by atoms with Crippen LogP contribution in [0.25, 0.3) is 11.1 Å². The van der Waals surface area contributed by atoms with E-state index >= 15 is 0 Å². The van der Waals surface area contributed by atoms with Gasteiger partial charge in [-0.1, -0.05) is 12.1 Å². The highest BCUT2D eigenvalue weighted by molar-refractivity contribution is 5.72. The topological polar surface area (TPSA) is 40.7 Å². The smallest absolute Gasteiger partial charge is 0.0841 e. The SMILES string of the molecule is CNCc1n[nH]c(C)c1-c1cc(C)c(C)cc1C. The summed E-state index contributed by atoms with van der Waals surface area (Å²) < 4.78 is 0. The first kappa shape index (κ1) is 12.8. The van der Waals surface area contributed by atoms with Gasteiger partial charge in [-0.2, -0.15) is 5.10 Å². The number of aromatic amines is 1. The van der Waals surface area contributed by atoms with Gasteiger partial charge in [-0.15, -0.1) is 0 Å². The third kappa shape index (κ3) is 2.18. The van der Waals surface area contributed by atoms with Crippen molar-refractivity contribution in [1.82, 2.24) is 15.5 Å². The summed E-state index contributed by atoms with van der Waals surface area (Å²) in [4.78, 5) is 0.